The van der Waals surface area contributed by atoms with Crippen LogP contribution in [0.3, 0.4) is 0 Å². The average molecular weight is 247 g/mol. The minimum Gasteiger partial charge on any atom is -0.389 e. The van der Waals surface area contributed by atoms with Gasteiger partial charge in [0.1, 0.15) is 6.61 Å². The molecule has 4 nitrogen and oxygen atoms in total. The molecule has 1 heterocycles. The van der Waals surface area contributed by atoms with Crippen molar-refractivity contribution in [1.82, 2.24) is 4.90 Å². The van der Waals surface area contributed by atoms with Crippen molar-refractivity contribution in [3.05, 3.63) is 35.4 Å². The topological polar surface area (TPSA) is 63.9 Å². The highest BCUT2D eigenvalue weighted by Crippen LogP contribution is 2.14. The Hall–Kier alpha value is -1.38. The minimum absolute atomic E-state index is 0.144. The Labute approximate surface area is 106 Å². The quantitative estimate of drug-likeness (QED) is 0.620. The van der Waals surface area contributed by atoms with Gasteiger partial charge in [0.2, 0.25) is 0 Å². The van der Waals surface area contributed by atoms with Gasteiger partial charge in [-0.05, 0) is 17.7 Å². The highest BCUT2D eigenvalue weighted by molar-refractivity contribution is 5.37. The summed E-state index contributed by atoms with van der Waals surface area (Å²) < 4.78 is 0. The molecule has 18 heavy (non-hydrogen) atoms. The molecule has 0 spiro atoms. The predicted octanol–water partition coefficient (Wildman–Crippen LogP) is -0.432. The number of aliphatic hydroxyl groups is 3. The summed E-state index contributed by atoms with van der Waals surface area (Å²) in [5.41, 5.74) is 1.95. The van der Waals surface area contributed by atoms with E-state index in [-0.39, 0.29) is 6.61 Å². The molecule has 0 bridgehead atoms. The molecular weight excluding hydrogens is 230 g/mol. The van der Waals surface area contributed by atoms with Crippen molar-refractivity contribution in [2.24, 2.45) is 0 Å². The third-order valence-corrected chi connectivity index (χ3v) is 2.98. The lowest BCUT2D eigenvalue weighted by Gasteiger charge is -2.14. The molecule has 1 aliphatic heterocycles. The second-order valence-corrected chi connectivity index (χ2v) is 4.49. The van der Waals surface area contributed by atoms with Gasteiger partial charge in [-0.2, -0.15) is 0 Å². The molecule has 0 aromatic heterocycles. The number of likely N-dealkylation sites (tertiary alicyclic amines) is 1. The van der Waals surface area contributed by atoms with E-state index in [1.165, 1.54) is 0 Å². The number of hydrogen-bond donors (Lipinski definition) is 3. The lowest BCUT2D eigenvalue weighted by atomic mass is 10.1. The van der Waals surface area contributed by atoms with Gasteiger partial charge in [-0.25, -0.2) is 0 Å². The van der Waals surface area contributed by atoms with Gasteiger partial charge in [0, 0.05) is 25.2 Å². The summed E-state index contributed by atoms with van der Waals surface area (Å²) >= 11 is 0. The van der Waals surface area contributed by atoms with Crippen molar-refractivity contribution in [3.63, 3.8) is 0 Å². The zero-order chi connectivity index (χ0) is 13.0. The molecule has 1 aromatic rings. The molecule has 1 saturated heterocycles. The zero-order valence-electron chi connectivity index (χ0n) is 10.1. The summed E-state index contributed by atoms with van der Waals surface area (Å²) in [6.07, 6.45) is -1.30. The van der Waals surface area contributed by atoms with E-state index in [1.54, 1.807) is 0 Å². The molecule has 1 aromatic carbocycles. The maximum Gasteiger partial charge on any atom is 0.104 e. The van der Waals surface area contributed by atoms with E-state index in [0.717, 1.165) is 11.1 Å². The molecule has 0 aliphatic carbocycles. The maximum atomic E-state index is 9.48. The van der Waals surface area contributed by atoms with Crippen LogP contribution in [0.1, 0.15) is 11.1 Å². The van der Waals surface area contributed by atoms with Crippen LogP contribution in [0.2, 0.25) is 0 Å². The molecule has 1 aliphatic rings. The number of benzene rings is 1. The summed E-state index contributed by atoms with van der Waals surface area (Å²) in [5.74, 6) is 5.47. The summed E-state index contributed by atoms with van der Waals surface area (Å²) in [5, 5.41) is 27.6. The third-order valence-electron chi connectivity index (χ3n) is 2.98. The molecular formula is C14H17NO3. The summed E-state index contributed by atoms with van der Waals surface area (Å²) in [6, 6.07) is 7.75. The molecule has 2 rings (SSSR count). The van der Waals surface area contributed by atoms with E-state index >= 15 is 0 Å². The van der Waals surface area contributed by atoms with E-state index in [1.807, 2.05) is 29.2 Å². The lowest BCUT2D eigenvalue weighted by Crippen LogP contribution is -2.22. The van der Waals surface area contributed by atoms with E-state index in [4.69, 9.17) is 5.11 Å². The first kappa shape index (κ1) is 13.1. The van der Waals surface area contributed by atoms with Crippen molar-refractivity contribution >= 4 is 0 Å². The van der Waals surface area contributed by atoms with Crippen LogP contribution in [0.5, 0.6) is 0 Å². The molecule has 2 unspecified atom stereocenters. The number of β-amino-alcohol motifs (C(OH)–C–C–N with tert-alkyl or cyclic N) is 2. The zero-order valence-corrected chi connectivity index (χ0v) is 10.1. The molecule has 4 heteroatoms. The molecule has 0 saturated carbocycles. The van der Waals surface area contributed by atoms with Crippen molar-refractivity contribution in [2.75, 3.05) is 19.7 Å². The number of aliphatic hydroxyl groups excluding tert-OH is 3. The third kappa shape index (κ3) is 3.31. The van der Waals surface area contributed by atoms with E-state index in [9.17, 15) is 10.2 Å². The highest BCUT2D eigenvalue weighted by Gasteiger charge is 2.29. The van der Waals surface area contributed by atoms with Crippen LogP contribution in [0.25, 0.3) is 0 Å². The summed E-state index contributed by atoms with van der Waals surface area (Å²) in [6.45, 7) is 1.53. The lowest BCUT2D eigenvalue weighted by molar-refractivity contribution is 0.0572. The van der Waals surface area contributed by atoms with Gasteiger partial charge in [-0.1, -0.05) is 24.0 Å². The summed E-state index contributed by atoms with van der Waals surface area (Å²) in [7, 11) is 0. The normalized spacial score (nSPS) is 23.7. The van der Waals surface area contributed by atoms with Crippen LogP contribution in [-0.2, 0) is 6.54 Å². The SMILES string of the molecule is OCC#Cc1cccc(CN2CC(O)C(O)C2)c1. The van der Waals surface area contributed by atoms with Gasteiger partial charge in [-0.15, -0.1) is 0 Å². The molecule has 1 fully saturated rings. The van der Waals surface area contributed by atoms with Crippen LogP contribution in [-0.4, -0.2) is 52.1 Å². The Morgan fingerprint density at radius 3 is 2.61 bits per heavy atom. The number of rotatable bonds is 2. The van der Waals surface area contributed by atoms with Crippen LogP contribution >= 0.6 is 0 Å². The van der Waals surface area contributed by atoms with E-state index < -0.39 is 12.2 Å². The molecule has 3 N–H and O–H groups in total. The second kappa shape index (κ2) is 5.98. The van der Waals surface area contributed by atoms with Crippen molar-refractivity contribution in [3.8, 4) is 11.8 Å². The van der Waals surface area contributed by atoms with Crippen LogP contribution in [0, 0.1) is 11.8 Å². The summed E-state index contributed by atoms with van der Waals surface area (Å²) in [4.78, 5) is 2.01. The Balaban J connectivity index is 2.01. The van der Waals surface area contributed by atoms with Crippen molar-refractivity contribution < 1.29 is 15.3 Å². The van der Waals surface area contributed by atoms with Crippen LogP contribution in [0.4, 0.5) is 0 Å². The number of hydrogen-bond acceptors (Lipinski definition) is 4. The van der Waals surface area contributed by atoms with Crippen molar-refractivity contribution in [1.29, 1.82) is 0 Å². The van der Waals surface area contributed by atoms with Gasteiger partial charge < -0.3 is 15.3 Å². The Morgan fingerprint density at radius 2 is 1.94 bits per heavy atom. The van der Waals surface area contributed by atoms with Crippen LogP contribution < -0.4 is 0 Å². The standard InChI is InChI=1S/C14H17NO3/c16-6-2-5-11-3-1-4-12(7-11)8-15-9-13(17)14(18)10-15/h1,3-4,7,13-14,16-18H,6,8-10H2. The number of nitrogens with zero attached hydrogens (tertiary/aromatic N) is 1. The van der Waals surface area contributed by atoms with E-state index in [0.29, 0.717) is 19.6 Å². The Morgan fingerprint density at radius 1 is 1.22 bits per heavy atom. The first-order valence-electron chi connectivity index (χ1n) is 5.96. The first-order valence-corrected chi connectivity index (χ1v) is 5.96. The minimum atomic E-state index is -0.651. The molecule has 96 valence electrons. The fourth-order valence-electron chi connectivity index (χ4n) is 2.12. The van der Waals surface area contributed by atoms with Gasteiger partial charge in [0.15, 0.2) is 0 Å². The fourth-order valence-corrected chi connectivity index (χ4v) is 2.12. The Kier molecular flexibility index (Phi) is 4.34. The molecule has 0 radical (unpaired) electrons. The van der Waals surface area contributed by atoms with Gasteiger partial charge in [0.05, 0.1) is 12.2 Å². The maximum absolute atomic E-state index is 9.48. The fraction of sp³-hybridized carbons (Fsp3) is 0.429. The van der Waals surface area contributed by atoms with E-state index in [2.05, 4.69) is 11.8 Å². The predicted molar refractivity (Wildman–Crippen MR) is 67.7 cm³/mol. The second-order valence-electron chi connectivity index (χ2n) is 4.49. The van der Waals surface area contributed by atoms with Gasteiger partial charge in [-0.3, -0.25) is 4.90 Å². The largest absolute Gasteiger partial charge is 0.389 e. The average Bonchev–Trinajstić information content (AvgIpc) is 2.66. The molecule has 2 atom stereocenters. The first-order chi connectivity index (χ1) is 8.69. The van der Waals surface area contributed by atoms with Crippen LogP contribution in [0.15, 0.2) is 24.3 Å². The van der Waals surface area contributed by atoms with Crippen molar-refractivity contribution in [2.45, 2.75) is 18.8 Å². The van der Waals surface area contributed by atoms with Gasteiger partial charge >= 0.3 is 0 Å². The molecule has 0 amide bonds. The smallest absolute Gasteiger partial charge is 0.104 e. The Bertz CT molecular complexity index is 454. The van der Waals surface area contributed by atoms with Gasteiger partial charge in [0.25, 0.3) is 0 Å². The highest BCUT2D eigenvalue weighted by atomic mass is 16.3. The monoisotopic (exact) mass is 247 g/mol.